The monoisotopic (exact) mass is 362 g/mol. The fourth-order valence-corrected chi connectivity index (χ4v) is 4.14. The third kappa shape index (κ3) is 3.94. The molecule has 25 heavy (non-hydrogen) atoms. The van der Waals surface area contributed by atoms with E-state index in [1.807, 2.05) is 6.07 Å². The van der Waals surface area contributed by atoms with Gasteiger partial charge in [-0.2, -0.15) is 9.78 Å². The number of carbonyl (C=O) groups is 1. The topological polar surface area (TPSA) is 101 Å². The lowest BCUT2D eigenvalue weighted by Gasteiger charge is -2.14. The first kappa shape index (κ1) is 17.3. The van der Waals surface area contributed by atoms with Crippen LogP contribution in [0.5, 0.6) is 0 Å². The highest BCUT2D eigenvalue weighted by Gasteiger charge is 2.27. The van der Waals surface area contributed by atoms with Gasteiger partial charge in [-0.3, -0.25) is 9.59 Å². The van der Waals surface area contributed by atoms with E-state index < -0.39 is 15.9 Å². The van der Waals surface area contributed by atoms with Crippen molar-refractivity contribution in [2.45, 2.75) is 6.42 Å². The van der Waals surface area contributed by atoms with Gasteiger partial charge >= 0.3 is 0 Å². The van der Waals surface area contributed by atoms with Crippen LogP contribution < -0.4 is 10.9 Å². The second-order valence-corrected chi connectivity index (χ2v) is 7.72. The molecule has 1 saturated heterocycles. The van der Waals surface area contributed by atoms with Crippen molar-refractivity contribution in [3.63, 3.8) is 0 Å². The third-order valence-corrected chi connectivity index (χ3v) is 5.84. The van der Waals surface area contributed by atoms with E-state index in [0.29, 0.717) is 18.7 Å². The molecule has 8 nitrogen and oxygen atoms in total. The molecule has 1 aromatic heterocycles. The lowest BCUT2D eigenvalue weighted by atomic mass is 10.3. The Morgan fingerprint density at radius 3 is 2.60 bits per heavy atom. The molecule has 2 heterocycles. The quantitative estimate of drug-likeness (QED) is 0.807. The normalized spacial score (nSPS) is 16.6. The first-order chi connectivity index (χ1) is 12.0. The minimum absolute atomic E-state index is 0.0905. The summed E-state index contributed by atoms with van der Waals surface area (Å²) in [6.45, 7) is 0.895. The maximum atomic E-state index is 12.2. The Morgan fingerprint density at radius 2 is 1.92 bits per heavy atom. The highest BCUT2D eigenvalue weighted by molar-refractivity contribution is 7.89. The molecule has 1 amide bonds. The molecule has 1 fully saturated rings. The first-order valence-corrected chi connectivity index (χ1v) is 9.50. The van der Waals surface area contributed by atoms with E-state index in [1.165, 1.54) is 16.4 Å². The van der Waals surface area contributed by atoms with Gasteiger partial charge in [0.25, 0.3) is 11.5 Å². The summed E-state index contributed by atoms with van der Waals surface area (Å²) in [5.74, 6) is -0.300. The summed E-state index contributed by atoms with van der Waals surface area (Å²) in [5.41, 5.74) is 0.309. The largest absolute Gasteiger partial charge is 0.349 e. The Kier molecular flexibility index (Phi) is 4.95. The van der Waals surface area contributed by atoms with Crippen molar-refractivity contribution in [1.82, 2.24) is 19.4 Å². The summed E-state index contributed by atoms with van der Waals surface area (Å²) in [5, 5.41) is 6.72. The van der Waals surface area contributed by atoms with Crippen LogP contribution in [0.1, 0.15) is 16.9 Å². The summed E-state index contributed by atoms with van der Waals surface area (Å²) in [7, 11) is -3.18. The van der Waals surface area contributed by atoms with E-state index in [-0.39, 0.29) is 30.1 Å². The predicted octanol–water partition coefficient (Wildman–Crippen LogP) is -0.00220. The molecule has 0 saturated carbocycles. The van der Waals surface area contributed by atoms with Crippen molar-refractivity contribution < 1.29 is 13.2 Å². The summed E-state index contributed by atoms with van der Waals surface area (Å²) in [4.78, 5) is 24.2. The number of nitrogens with zero attached hydrogens (tertiary/aromatic N) is 3. The van der Waals surface area contributed by atoms with Crippen molar-refractivity contribution in [1.29, 1.82) is 0 Å². The van der Waals surface area contributed by atoms with E-state index in [2.05, 4.69) is 10.4 Å². The molecule has 132 valence electrons. The van der Waals surface area contributed by atoms with Gasteiger partial charge in [-0.25, -0.2) is 12.7 Å². The van der Waals surface area contributed by atoms with E-state index in [0.717, 1.165) is 4.68 Å². The Balaban J connectivity index is 1.68. The van der Waals surface area contributed by atoms with Crippen molar-refractivity contribution in [2.75, 3.05) is 25.4 Å². The van der Waals surface area contributed by atoms with E-state index in [1.54, 1.807) is 24.3 Å². The number of amides is 1. The van der Waals surface area contributed by atoms with E-state index in [4.69, 9.17) is 0 Å². The maximum Gasteiger partial charge on any atom is 0.271 e. The molecule has 0 aliphatic carbocycles. The van der Waals surface area contributed by atoms with Gasteiger partial charge in [0.2, 0.25) is 10.0 Å². The van der Waals surface area contributed by atoms with Gasteiger partial charge in [0, 0.05) is 25.7 Å². The van der Waals surface area contributed by atoms with Gasteiger partial charge in [0.15, 0.2) is 0 Å². The number of hydrogen-bond acceptors (Lipinski definition) is 5. The zero-order chi connectivity index (χ0) is 17.9. The molecular weight excluding hydrogens is 344 g/mol. The minimum atomic E-state index is -3.18. The molecule has 1 aliphatic rings. The Labute approximate surface area is 145 Å². The molecule has 1 aliphatic heterocycles. The zero-order valence-electron chi connectivity index (χ0n) is 13.5. The number of benzene rings is 1. The number of para-hydroxylation sites is 1. The molecule has 0 spiro atoms. The molecule has 1 aromatic carbocycles. The van der Waals surface area contributed by atoms with Gasteiger partial charge in [-0.05, 0) is 24.6 Å². The molecule has 0 bridgehead atoms. The van der Waals surface area contributed by atoms with Crippen LogP contribution in [0.3, 0.4) is 0 Å². The van der Waals surface area contributed by atoms with Crippen molar-refractivity contribution in [2.24, 2.45) is 0 Å². The average Bonchev–Trinajstić information content (AvgIpc) is 2.94. The number of aromatic nitrogens is 2. The molecule has 1 N–H and O–H groups in total. The number of carbonyl (C=O) groups excluding carboxylic acids is 1. The number of sulfonamides is 1. The van der Waals surface area contributed by atoms with Crippen molar-refractivity contribution in [3.05, 3.63) is 58.5 Å². The first-order valence-electron chi connectivity index (χ1n) is 7.89. The van der Waals surface area contributed by atoms with E-state index >= 15 is 0 Å². The second kappa shape index (κ2) is 7.16. The molecular formula is C16H18N4O4S. The summed E-state index contributed by atoms with van der Waals surface area (Å²) in [6.07, 6.45) is 0.611. The summed E-state index contributed by atoms with van der Waals surface area (Å²) in [6, 6.07) is 11.4. The number of rotatable bonds is 5. The minimum Gasteiger partial charge on any atom is -0.349 e. The fourth-order valence-electron chi connectivity index (χ4n) is 2.61. The molecule has 9 heteroatoms. The molecule has 0 radical (unpaired) electrons. The lowest BCUT2D eigenvalue weighted by molar-refractivity contribution is 0.0945. The Morgan fingerprint density at radius 1 is 1.16 bits per heavy atom. The smallest absolute Gasteiger partial charge is 0.271 e. The molecule has 2 aromatic rings. The van der Waals surface area contributed by atoms with Crippen LogP contribution in [0.25, 0.3) is 5.69 Å². The standard InChI is InChI=1S/C16H18N4O4S/c21-15-8-7-14(18-20(15)13-5-2-1-3-6-13)16(22)17-9-11-19-10-4-12-25(19,23)24/h1-3,5-8H,4,9-12H2,(H,17,22). The van der Waals surface area contributed by atoms with Gasteiger partial charge < -0.3 is 5.32 Å². The highest BCUT2D eigenvalue weighted by Crippen LogP contribution is 2.11. The molecule has 0 unspecified atom stereocenters. The predicted molar refractivity (Wildman–Crippen MR) is 92.1 cm³/mol. The maximum absolute atomic E-state index is 12.2. The third-order valence-electron chi connectivity index (χ3n) is 3.88. The summed E-state index contributed by atoms with van der Waals surface area (Å²) < 4.78 is 25.9. The van der Waals surface area contributed by atoms with Crippen molar-refractivity contribution >= 4 is 15.9 Å². The Bertz CT molecular complexity index is 925. The average molecular weight is 362 g/mol. The van der Waals surface area contributed by atoms with Crippen LogP contribution in [0.15, 0.2) is 47.3 Å². The van der Waals surface area contributed by atoms with Crippen LogP contribution in [-0.4, -0.2) is 53.8 Å². The molecule has 0 atom stereocenters. The SMILES string of the molecule is O=C(NCCN1CCCS1(=O)=O)c1ccc(=O)n(-c2ccccc2)n1. The molecule has 3 rings (SSSR count). The zero-order valence-corrected chi connectivity index (χ0v) is 14.3. The van der Waals surface area contributed by atoms with Crippen LogP contribution in [-0.2, 0) is 10.0 Å². The number of nitrogens with one attached hydrogen (secondary N) is 1. The van der Waals surface area contributed by atoms with Crippen LogP contribution in [0, 0.1) is 0 Å². The van der Waals surface area contributed by atoms with Crippen LogP contribution >= 0.6 is 0 Å². The van der Waals surface area contributed by atoms with Gasteiger partial charge in [0.1, 0.15) is 5.69 Å². The van der Waals surface area contributed by atoms with Crippen LogP contribution in [0.4, 0.5) is 0 Å². The number of hydrogen-bond donors (Lipinski definition) is 1. The van der Waals surface area contributed by atoms with Gasteiger partial charge in [-0.15, -0.1) is 0 Å². The highest BCUT2D eigenvalue weighted by atomic mass is 32.2. The van der Waals surface area contributed by atoms with E-state index in [9.17, 15) is 18.0 Å². The Hall–Kier alpha value is -2.52. The summed E-state index contributed by atoms with van der Waals surface area (Å²) >= 11 is 0. The van der Waals surface area contributed by atoms with Gasteiger partial charge in [-0.1, -0.05) is 18.2 Å². The van der Waals surface area contributed by atoms with Crippen LogP contribution in [0.2, 0.25) is 0 Å². The van der Waals surface area contributed by atoms with Crippen molar-refractivity contribution in [3.8, 4) is 5.69 Å². The fraction of sp³-hybridized carbons (Fsp3) is 0.312. The lowest BCUT2D eigenvalue weighted by Crippen LogP contribution is -2.36. The second-order valence-electron chi connectivity index (χ2n) is 5.63. The van der Waals surface area contributed by atoms with Gasteiger partial charge in [0.05, 0.1) is 11.4 Å².